The Hall–Kier alpha value is -3.20. The molecule has 1 aromatic rings. The summed E-state index contributed by atoms with van der Waals surface area (Å²) in [4.78, 5) is 47.8. The number of aliphatic carboxylic acids is 2. The maximum absolute atomic E-state index is 12.9. The third kappa shape index (κ3) is 8.50. The van der Waals surface area contributed by atoms with Gasteiger partial charge in [-0.15, -0.1) is 0 Å². The van der Waals surface area contributed by atoms with Crippen LogP contribution in [-0.4, -0.2) is 64.8 Å². The van der Waals surface area contributed by atoms with Gasteiger partial charge in [0.1, 0.15) is 24.3 Å². The number of Topliss-reactive ketones (excluding diaryl/α,β-unsaturated/α-hetero) is 1. The standard InChI is InChI=1S/C23H31NO8/c1-15(2)21(30)32-22(3,4)11-12-31-23(5,6)20(29)16-7-9-17(10-8-16)24(13-18(25)26)14-19(27)28/h7-10H,1,11-14H2,2-6H3,(H,25,26)(H,27,28). The number of rotatable bonds is 13. The molecule has 0 aliphatic carbocycles. The lowest BCUT2D eigenvalue weighted by Crippen LogP contribution is -2.38. The maximum atomic E-state index is 12.9. The van der Waals surface area contributed by atoms with Crippen molar-refractivity contribution in [2.24, 2.45) is 0 Å². The summed E-state index contributed by atoms with van der Waals surface area (Å²) in [7, 11) is 0. The van der Waals surface area contributed by atoms with Gasteiger partial charge in [0.15, 0.2) is 5.78 Å². The quantitative estimate of drug-likeness (QED) is 0.265. The van der Waals surface area contributed by atoms with Crippen molar-refractivity contribution < 1.29 is 38.9 Å². The second-order valence-electron chi connectivity index (χ2n) is 8.56. The fourth-order valence-electron chi connectivity index (χ4n) is 2.74. The molecule has 32 heavy (non-hydrogen) atoms. The highest BCUT2D eigenvalue weighted by Crippen LogP contribution is 2.23. The lowest BCUT2D eigenvalue weighted by molar-refractivity contribution is -0.153. The molecule has 0 aliphatic heterocycles. The Labute approximate surface area is 187 Å². The summed E-state index contributed by atoms with van der Waals surface area (Å²) in [6.07, 6.45) is 0.362. The second-order valence-corrected chi connectivity index (χ2v) is 8.56. The molecular weight excluding hydrogens is 418 g/mol. The number of carbonyl (C=O) groups is 4. The molecule has 0 aliphatic rings. The number of hydrogen-bond acceptors (Lipinski definition) is 7. The van der Waals surface area contributed by atoms with Crippen LogP contribution < -0.4 is 4.90 Å². The van der Waals surface area contributed by atoms with Crippen LogP contribution in [0.4, 0.5) is 5.69 Å². The molecule has 0 radical (unpaired) electrons. The van der Waals surface area contributed by atoms with E-state index in [1.54, 1.807) is 34.6 Å². The number of hydrogen-bond donors (Lipinski definition) is 2. The molecular formula is C23H31NO8. The van der Waals surface area contributed by atoms with Gasteiger partial charge in [-0.1, -0.05) is 6.58 Å². The summed E-state index contributed by atoms with van der Waals surface area (Å²) in [6, 6.07) is 5.99. The molecule has 0 unspecified atom stereocenters. The molecule has 0 heterocycles. The van der Waals surface area contributed by atoms with E-state index in [4.69, 9.17) is 19.7 Å². The highest BCUT2D eigenvalue weighted by atomic mass is 16.6. The van der Waals surface area contributed by atoms with Gasteiger partial charge in [0.05, 0.1) is 6.61 Å². The summed E-state index contributed by atoms with van der Waals surface area (Å²) in [5, 5.41) is 18.0. The average Bonchev–Trinajstić information content (AvgIpc) is 2.65. The Kier molecular flexibility index (Phi) is 9.14. The van der Waals surface area contributed by atoms with E-state index in [2.05, 4.69) is 6.58 Å². The normalized spacial score (nSPS) is 11.5. The summed E-state index contributed by atoms with van der Waals surface area (Å²) < 4.78 is 11.1. The summed E-state index contributed by atoms with van der Waals surface area (Å²) in [6.45, 7) is 11.0. The number of esters is 1. The van der Waals surface area contributed by atoms with Gasteiger partial charge in [0.25, 0.3) is 0 Å². The lowest BCUT2D eigenvalue weighted by atomic mass is 9.96. The van der Waals surface area contributed by atoms with Gasteiger partial charge in [0, 0.05) is 23.2 Å². The van der Waals surface area contributed by atoms with E-state index in [-0.39, 0.29) is 12.4 Å². The number of carboxylic acids is 2. The van der Waals surface area contributed by atoms with Crippen LogP contribution in [0.15, 0.2) is 36.4 Å². The zero-order chi connectivity index (χ0) is 24.7. The predicted octanol–water partition coefficient (Wildman–Crippen LogP) is 2.93. The van der Waals surface area contributed by atoms with Crippen LogP contribution in [0, 0.1) is 0 Å². The zero-order valence-corrected chi connectivity index (χ0v) is 19.1. The van der Waals surface area contributed by atoms with Gasteiger partial charge >= 0.3 is 17.9 Å². The monoisotopic (exact) mass is 449 g/mol. The Morgan fingerprint density at radius 2 is 1.47 bits per heavy atom. The van der Waals surface area contributed by atoms with Crippen molar-refractivity contribution >= 4 is 29.4 Å². The number of benzene rings is 1. The van der Waals surface area contributed by atoms with Gasteiger partial charge in [-0.2, -0.15) is 0 Å². The lowest BCUT2D eigenvalue weighted by Gasteiger charge is -2.29. The third-order valence-corrected chi connectivity index (χ3v) is 4.58. The number of anilines is 1. The largest absolute Gasteiger partial charge is 0.480 e. The minimum Gasteiger partial charge on any atom is -0.480 e. The first-order valence-corrected chi connectivity index (χ1v) is 10.0. The Morgan fingerprint density at radius 1 is 0.969 bits per heavy atom. The van der Waals surface area contributed by atoms with E-state index in [1.807, 2.05) is 0 Å². The number of carbonyl (C=O) groups excluding carboxylic acids is 2. The molecule has 0 aromatic heterocycles. The van der Waals surface area contributed by atoms with Crippen LogP contribution in [0.3, 0.4) is 0 Å². The summed E-state index contributed by atoms with van der Waals surface area (Å²) in [5.41, 5.74) is -0.974. The maximum Gasteiger partial charge on any atom is 0.333 e. The molecule has 1 rings (SSSR count). The molecule has 0 bridgehead atoms. The molecule has 2 N–H and O–H groups in total. The molecule has 1 aromatic carbocycles. The highest BCUT2D eigenvalue weighted by Gasteiger charge is 2.31. The molecule has 0 atom stereocenters. The van der Waals surface area contributed by atoms with E-state index < -0.39 is 42.2 Å². The van der Waals surface area contributed by atoms with E-state index in [9.17, 15) is 19.2 Å². The Morgan fingerprint density at radius 3 is 1.91 bits per heavy atom. The van der Waals surface area contributed by atoms with Crippen LogP contribution in [0.2, 0.25) is 0 Å². The number of nitrogens with zero attached hydrogens (tertiary/aromatic N) is 1. The molecule has 0 saturated carbocycles. The van der Waals surface area contributed by atoms with Crippen molar-refractivity contribution in [1.82, 2.24) is 0 Å². The van der Waals surface area contributed by atoms with Crippen LogP contribution in [0.25, 0.3) is 0 Å². The van der Waals surface area contributed by atoms with Crippen molar-refractivity contribution in [3.8, 4) is 0 Å². The second kappa shape index (κ2) is 10.9. The van der Waals surface area contributed by atoms with Crippen molar-refractivity contribution in [1.29, 1.82) is 0 Å². The van der Waals surface area contributed by atoms with Gasteiger partial charge in [-0.05, 0) is 58.9 Å². The molecule has 9 nitrogen and oxygen atoms in total. The summed E-state index contributed by atoms with van der Waals surface area (Å²) >= 11 is 0. The third-order valence-electron chi connectivity index (χ3n) is 4.58. The Balaban J connectivity index is 2.81. The molecule has 0 amide bonds. The van der Waals surface area contributed by atoms with Gasteiger partial charge in [-0.3, -0.25) is 14.4 Å². The number of carboxylic acid groups (broad SMARTS) is 2. The Bertz CT molecular complexity index is 854. The van der Waals surface area contributed by atoms with Crippen molar-refractivity contribution in [2.45, 2.75) is 52.2 Å². The van der Waals surface area contributed by atoms with E-state index in [0.717, 1.165) is 0 Å². The fourth-order valence-corrected chi connectivity index (χ4v) is 2.74. The fraction of sp³-hybridized carbons (Fsp3) is 0.478. The minimum absolute atomic E-state index is 0.165. The summed E-state index contributed by atoms with van der Waals surface area (Å²) in [5.74, 6) is -3.13. The zero-order valence-electron chi connectivity index (χ0n) is 19.1. The molecule has 9 heteroatoms. The highest BCUT2D eigenvalue weighted by molar-refractivity contribution is 6.02. The van der Waals surface area contributed by atoms with E-state index >= 15 is 0 Å². The molecule has 0 fully saturated rings. The van der Waals surface area contributed by atoms with Gasteiger partial charge in [-0.25, -0.2) is 4.79 Å². The van der Waals surface area contributed by atoms with E-state index in [1.165, 1.54) is 29.2 Å². The average molecular weight is 450 g/mol. The first-order chi connectivity index (χ1) is 14.6. The van der Waals surface area contributed by atoms with Crippen LogP contribution >= 0.6 is 0 Å². The van der Waals surface area contributed by atoms with E-state index in [0.29, 0.717) is 23.2 Å². The smallest absolute Gasteiger partial charge is 0.333 e. The molecule has 0 spiro atoms. The number of ketones is 1. The van der Waals surface area contributed by atoms with Crippen molar-refractivity contribution in [3.05, 3.63) is 42.0 Å². The molecule has 0 saturated heterocycles. The van der Waals surface area contributed by atoms with Crippen LogP contribution in [0.5, 0.6) is 0 Å². The predicted molar refractivity (Wildman–Crippen MR) is 118 cm³/mol. The minimum atomic E-state index is -1.17. The van der Waals surface area contributed by atoms with Gasteiger partial charge in [0.2, 0.25) is 0 Å². The van der Waals surface area contributed by atoms with Gasteiger partial charge < -0.3 is 24.6 Å². The first-order valence-electron chi connectivity index (χ1n) is 10.0. The molecule has 176 valence electrons. The van der Waals surface area contributed by atoms with Crippen molar-refractivity contribution in [3.63, 3.8) is 0 Å². The first kappa shape index (κ1) is 26.8. The van der Waals surface area contributed by atoms with Crippen molar-refractivity contribution in [2.75, 3.05) is 24.6 Å². The topological polar surface area (TPSA) is 130 Å². The van der Waals surface area contributed by atoms with Crippen LogP contribution in [0.1, 0.15) is 51.4 Å². The SMILES string of the molecule is C=C(C)C(=O)OC(C)(C)CCOC(C)(C)C(=O)c1ccc(N(CC(=O)O)CC(=O)O)cc1. The number of ether oxygens (including phenoxy) is 2. The van der Waals surface area contributed by atoms with Crippen LogP contribution in [-0.2, 0) is 23.9 Å².